The maximum Gasteiger partial charge on any atom is 0.169 e. The molecule has 2 aromatic rings. The van der Waals surface area contributed by atoms with Gasteiger partial charge in [-0.05, 0) is 37.6 Å². The summed E-state index contributed by atoms with van der Waals surface area (Å²) < 4.78 is 53.1. The SMILES string of the molecule is C[C@@]1(c2cccc(Br)c2)C(N)=N[C@](C)(c2ccc(F)cc2F)CS1(=O)=O. The van der Waals surface area contributed by atoms with Crippen molar-refractivity contribution in [1.82, 2.24) is 0 Å². The van der Waals surface area contributed by atoms with Crippen LogP contribution in [-0.2, 0) is 20.1 Å². The van der Waals surface area contributed by atoms with Crippen molar-refractivity contribution in [3.8, 4) is 0 Å². The quantitative estimate of drug-likeness (QED) is 0.771. The van der Waals surface area contributed by atoms with Gasteiger partial charge in [0.25, 0.3) is 0 Å². The normalized spacial score (nSPS) is 27.8. The summed E-state index contributed by atoms with van der Waals surface area (Å²) in [6.45, 7) is 2.97. The molecule has 2 atom stereocenters. The van der Waals surface area contributed by atoms with Gasteiger partial charge in [-0.15, -0.1) is 0 Å². The van der Waals surface area contributed by atoms with Crippen molar-refractivity contribution in [2.75, 3.05) is 5.75 Å². The third-order valence-electron chi connectivity index (χ3n) is 4.84. The molecule has 2 aromatic carbocycles. The van der Waals surface area contributed by atoms with Crippen LogP contribution in [0.4, 0.5) is 8.78 Å². The van der Waals surface area contributed by atoms with Crippen molar-refractivity contribution in [3.63, 3.8) is 0 Å². The highest BCUT2D eigenvalue weighted by Crippen LogP contribution is 2.43. The number of aliphatic imine (C=N–C) groups is 1. The minimum atomic E-state index is -3.86. The molecule has 0 aliphatic carbocycles. The maximum absolute atomic E-state index is 14.3. The molecule has 0 amide bonds. The average Bonchev–Trinajstić information content (AvgIpc) is 2.51. The number of amidine groups is 1. The summed E-state index contributed by atoms with van der Waals surface area (Å²) in [5, 5.41) is 0. The van der Waals surface area contributed by atoms with E-state index in [9.17, 15) is 17.2 Å². The number of hydrogen-bond donors (Lipinski definition) is 1. The van der Waals surface area contributed by atoms with E-state index in [-0.39, 0.29) is 11.4 Å². The Kier molecular flexibility index (Phi) is 4.47. The minimum absolute atomic E-state index is 0.0123. The number of sulfone groups is 1. The van der Waals surface area contributed by atoms with Gasteiger partial charge in [0.15, 0.2) is 14.6 Å². The Morgan fingerprint density at radius 1 is 1.15 bits per heavy atom. The van der Waals surface area contributed by atoms with Crippen LogP contribution in [0.5, 0.6) is 0 Å². The first-order valence-electron chi connectivity index (χ1n) is 7.79. The molecule has 0 bridgehead atoms. The summed E-state index contributed by atoms with van der Waals surface area (Å²) in [6.07, 6.45) is 0. The standard InChI is InChI=1S/C18H17BrF2N2O2S/c1-17(14-7-6-13(20)9-15(14)21)10-26(24,25)18(2,16(22)23-17)11-4-3-5-12(19)8-11/h3-9H,10H2,1-2H3,(H2,22,23)/t17-,18+/m0/s1. The van der Waals surface area contributed by atoms with Gasteiger partial charge in [-0.2, -0.15) is 0 Å². The van der Waals surface area contributed by atoms with E-state index in [1.54, 1.807) is 24.3 Å². The van der Waals surface area contributed by atoms with Gasteiger partial charge in [0.1, 0.15) is 23.0 Å². The monoisotopic (exact) mass is 442 g/mol. The smallest absolute Gasteiger partial charge is 0.169 e. The van der Waals surface area contributed by atoms with Gasteiger partial charge in [0.05, 0.1) is 5.75 Å². The highest BCUT2D eigenvalue weighted by molar-refractivity contribution is 9.10. The Morgan fingerprint density at radius 3 is 2.42 bits per heavy atom. The molecule has 26 heavy (non-hydrogen) atoms. The lowest BCUT2D eigenvalue weighted by Crippen LogP contribution is -2.54. The molecule has 0 fully saturated rings. The molecule has 0 aromatic heterocycles. The van der Waals surface area contributed by atoms with Gasteiger partial charge < -0.3 is 5.73 Å². The summed E-state index contributed by atoms with van der Waals surface area (Å²) in [5.74, 6) is -2.19. The van der Waals surface area contributed by atoms with Gasteiger partial charge in [0, 0.05) is 16.1 Å². The topological polar surface area (TPSA) is 72.5 Å². The number of nitrogens with zero attached hydrogens (tertiary/aromatic N) is 1. The second-order valence-electron chi connectivity index (χ2n) is 6.70. The fourth-order valence-corrected chi connectivity index (χ4v) is 5.75. The summed E-state index contributed by atoms with van der Waals surface area (Å²) in [4.78, 5) is 4.37. The van der Waals surface area contributed by atoms with Crippen LogP contribution < -0.4 is 5.73 Å². The zero-order valence-electron chi connectivity index (χ0n) is 14.1. The van der Waals surface area contributed by atoms with Crippen LogP contribution in [-0.4, -0.2) is 20.0 Å². The predicted octanol–water partition coefficient (Wildman–Crippen LogP) is 3.64. The second-order valence-corrected chi connectivity index (χ2v) is 9.95. The van der Waals surface area contributed by atoms with Crippen molar-refractivity contribution in [1.29, 1.82) is 0 Å². The average molecular weight is 443 g/mol. The maximum atomic E-state index is 14.3. The molecule has 0 radical (unpaired) electrons. The third kappa shape index (κ3) is 2.85. The van der Waals surface area contributed by atoms with Crippen LogP contribution in [0.25, 0.3) is 0 Å². The highest BCUT2D eigenvalue weighted by Gasteiger charge is 2.53. The molecule has 8 heteroatoms. The van der Waals surface area contributed by atoms with Gasteiger partial charge >= 0.3 is 0 Å². The summed E-state index contributed by atoms with van der Waals surface area (Å²) in [5.41, 5.74) is 5.14. The highest BCUT2D eigenvalue weighted by atomic mass is 79.9. The van der Waals surface area contributed by atoms with Crippen LogP contribution in [0.3, 0.4) is 0 Å². The lowest BCUT2D eigenvalue weighted by atomic mass is 9.92. The molecule has 2 N–H and O–H groups in total. The zero-order chi connectivity index (χ0) is 19.3. The molecular formula is C18H17BrF2N2O2S. The van der Waals surface area contributed by atoms with Crippen LogP contribution in [0.2, 0.25) is 0 Å². The van der Waals surface area contributed by atoms with Crippen molar-refractivity contribution >= 4 is 31.6 Å². The van der Waals surface area contributed by atoms with E-state index < -0.39 is 37.5 Å². The molecule has 0 saturated heterocycles. The van der Waals surface area contributed by atoms with Crippen molar-refractivity contribution in [3.05, 3.63) is 69.7 Å². The van der Waals surface area contributed by atoms with Crippen LogP contribution in [0.1, 0.15) is 25.0 Å². The Morgan fingerprint density at radius 2 is 1.85 bits per heavy atom. The molecule has 1 heterocycles. The van der Waals surface area contributed by atoms with E-state index in [4.69, 9.17) is 5.73 Å². The lowest BCUT2D eigenvalue weighted by Gasteiger charge is -2.40. The van der Waals surface area contributed by atoms with E-state index >= 15 is 0 Å². The Balaban J connectivity index is 2.22. The Hall–Kier alpha value is -1.80. The third-order valence-corrected chi connectivity index (χ3v) is 7.96. The summed E-state index contributed by atoms with van der Waals surface area (Å²) in [6, 6.07) is 9.80. The van der Waals surface area contributed by atoms with Gasteiger partial charge in [0.2, 0.25) is 0 Å². The fourth-order valence-electron chi connectivity index (χ4n) is 3.26. The largest absolute Gasteiger partial charge is 0.386 e. The molecular weight excluding hydrogens is 426 g/mol. The summed E-state index contributed by atoms with van der Waals surface area (Å²) in [7, 11) is -3.86. The molecule has 0 saturated carbocycles. The number of halogens is 3. The van der Waals surface area contributed by atoms with Crippen LogP contribution in [0, 0.1) is 11.6 Å². The molecule has 0 unspecified atom stereocenters. The molecule has 1 aliphatic heterocycles. The molecule has 0 spiro atoms. The molecule has 138 valence electrons. The minimum Gasteiger partial charge on any atom is -0.386 e. The fraction of sp³-hybridized carbons (Fsp3) is 0.278. The van der Waals surface area contributed by atoms with E-state index in [0.29, 0.717) is 16.1 Å². The summed E-state index contributed by atoms with van der Waals surface area (Å²) >= 11 is 3.33. The number of benzene rings is 2. The molecule has 3 rings (SSSR count). The molecule has 4 nitrogen and oxygen atoms in total. The van der Waals surface area contributed by atoms with Crippen molar-refractivity contribution in [2.45, 2.75) is 24.1 Å². The zero-order valence-corrected chi connectivity index (χ0v) is 16.5. The number of nitrogens with two attached hydrogens (primary N) is 1. The number of hydrogen-bond acceptors (Lipinski definition) is 4. The first-order chi connectivity index (χ1) is 12.0. The van der Waals surface area contributed by atoms with Crippen molar-refractivity contribution in [2.24, 2.45) is 10.7 Å². The van der Waals surface area contributed by atoms with Crippen molar-refractivity contribution < 1.29 is 17.2 Å². The Bertz CT molecular complexity index is 1030. The Labute approximate surface area is 159 Å². The lowest BCUT2D eigenvalue weighted by molar-refractivity contribution is 0.469. The molecule has 1 aliphatic rings. The first kappa shape index (κ1) is 19.0. The second kappa shape index (κ2) is 6.13. The van der Waals surface area contributed by atoms with E-state index in [2.05, 4.69) is 20.9 Å². The van der Waals surface area contributed by atoms with E-state index in [0.717, 1.165) is 6.07 Å². The van der Waals surface area contributed by atoms with E-state index in [1.807, 2.05) is 0 Å². The van der Waals surface area contributed by atoms with Gasteiger partial charge in [-0.3, -0.25) is 4.99 Å². The predicted molar refractivity (Wildman–Crippen MR) is 101 cm³/mol. The van der Waals surface area contributed by atoms with Crippen LogP contribution >= 0.6 is 15.9 Å². The van der Waals surface area contributed by atoms with Crippen LogP contribution in [0.15, 0.2) is 51.9 Å². The number of rotatable bonds is 2. The first-order valence-corrected chi connectivity index (χ1v) is 10.2. The van der Waals surface area contributed by atoms with Gasteiger partial charge in [-0.25, -0.2) is 17.2 Å². The van der Waals surface area contributed by atoms with E-state index in [1.165, 1.54) is 19.9 Å². The van der Waals surface area contributed by atoms with Gasteiger partial charge in [-0.1, -0.05) is 34.1 Å².